The number of hydrogen-bond acceptors (Lipinski definition) is 3. The summed E-state index contributed by atoms with van der Waals surface area (Å²) >= 11 is 5.75. The third-order valence-corrected chi connectivity index (χ3v) is 2.48. The summed E-state index contributed by atoms with van der Waals surface area (Å²) in [6.45, 7) is 1.83. The second kappa shape index (κ2) is 5.06. The predicted molar refractivity (Wildman–Crippen MR) is 67.5 cm³/mol. The number of aryl methyl sites for hydroxylation is 1. The normalized spacial score (nSPS) is 10.1. The first-order chi connectivity index (χ1) is 8.56. The summed E-state index contributed by atoms with van der Waals surface area (Å²) in [5.41, 5.74) is 0.796. The zero-order valence-corrected chi connectivity index (χ0v) is 10.3. The second-order valence-corrected chi connectivity index (χ2v) is 4.10. The molecule has 0 aliphatic rings. The topological polar surface area (TPSA) is 59.4 Å². The van der Waals surface area contributed by atoms with Crippen LogP contribution in [0, 0.1) is 6.92 Å². The molecule has 1 aromatic heterocycles. The number of aromatic carboxylic acids is 1. The van der Waals surface area contributed by atoms with Gasteiger partial charge in [-0.3, -0.25) is 0 Å². The minimum Gasteiger partial charge on any atom is -0.478 e. The minimum absolute atomic E-state index is 0.00538. The van der Waals surface area contributed by atoms with Gasteiger partial charge in [-0.2, -0.15) is 0 Å². The van der Waals surface area contributed by atoms with Crippen molar-refractivity contribution in [3.8, 4) is 11.6 Å². The number of carboxylic acids is 1. The van der Waals surface area contributed by atoms with Gasteiger partial charge in [0.1, 0.15) is 11.3 Å². The third kappa shape index (κ3) is 2.78. The molecule has 4 nitrogen and oxygen atoms in total. The Morgan fingerprint density at radius 2 is 2.11 bits per heavy atom. The largest absolute Gasteiger partial charge is 0.478 e. The zero-order chi connectivity index (χ0) is 13.1. The number of nitrogens with zero attached hydrogens (tertiary/aromatic N) is 1. The first kappa shape index (κ1) is 12.4. The molecule has 0 bridgehead atoms. The number of pyridine rings is 1. The van der Waals surface area contributed by atoms with Gasteiger partial charge in [-0.05, 0) is 31.2 Å². The van der Waals surface area contributed by atoms with Gasteiger partial charge in [-0.25, -0.2) is 9.78 Å². The summed E-state index contributed by atoms with van der Waals surface area (Å²) in [5, 5.41) is 9.41. The maximum atomic E-state index is 11.1. The van der Waals surface area contributed by atoms with Crippen LogP contribution in [-0.2, 0) is 0 Å². The van der Waals surface area contributed by atoms with E-state index in [1.165, 1.54) is 12.1 Å². The van der Waals surface area contributed by atoms with Crippen molar-refractivity contribution >= 4 is 17.6 Å². The van der Waals surface area contributed by atoms with Crippen LogP contribution in [0.5, 0.6) is 11.6 Å². The van der Waals surface area contributed by atoms with E-state index in [-0.39, 0.29) is 11.3 Å². The molecule has 92 valence electrons. The first-order valence-corrected chi connectivity index (χ1v) is 5.58. The number of rotatable bonds is 3. The quantitative estimate of drug-likeness (QED) is 0.920. The molecule has 0 radical (unpaired) electrons. The summed E-state index contributed by atoms with van der Waals surface area (Å²) in [6, 6.07) is 9.69. The van der Waals surface area contributed by atoms with E-state index in [1.807, 2.05) is 13.0 Å². The molecule has 2 aromatic rings. The number of aromatic nitrogens is 1. The average molecular weight is 264 g/mol. The molecule has 0 saturated carbocycles. The summed E-state index contributed by atoms with van der Waals surface area (Å²) < 4.78 is 5.46. The lowest BCUT2D eigenvalue weighted by Gasteiger charge is -2.08. The van der Waals surface area contributed by atoms with Crippen molar-refractivity contribution in [1.82, 2.24) is 4.98 Å². The number of carbonyl (C=O) groups is 1. The van der Waals surface area contributed by atoms with E-state index < -0.39 is 5.97 Å². The van der Waals surface area contributed by atoms with E-state index >= 15 is 0 Å². The van der Waals surface area contributed by atoms with Crippen molar-refractivity contribution in [1.29, 1.82) is 0 Å². The van der Waals surface area contributed by atoms with Gasteiger partial charge in [0.2, 0.25) is 5.88 Å². The van der Waals surface area contributed by atoms with E-state index in [2.05, 4.69) is 4.98 Å². The number of carboxylic acid groups (broad SMARTS) is 1. The molecule has 1 N–H and O–H groups in total. The van der Waals surface area contributed by atoms with Crippen molar-refractivity contribution < 1.29 is 14.6 Å². The predicted octanol–water partition coefficient (Wildman–Crippen LogP) is 3.53. The second-order valence-electron chi connectivity index (χ2n) is 3.66. The molecule has 18 heavy (non-hydrogen) atoms. The molecule has 1 aromatic carbocycles. The minimum atomic E-state index is -1.10. The maximum absolute atomic E-state index is 11.1. The van der Waals surface area contributed by atoms with Crippen molar-refractivity contribution in [3.63, 3.8) is 0 Å². The van der Waals surface area contributed by atoms with Crippen LogP contribution in [0.2, 0.25) is 5.02 Å². The number of hydrogen-bond donors (Lipinski definition) is 1. The van der Waals surface area contributed by atoms with Gasteiger partial charge < -0.3 is 9.84 Å². The van der Waals surface area contributed by atoms with Crippen molar-refractivity contribution in [2.75, 3.05) is 0 Å². The molecule has 1 heterocycles. The molecule has 0 atom stereocenters. The SMILES string of the molecule is Cc1cccc(Oc2ccc(Cl)cc2C(=O)O)n1. The molecular formula is C13H10ClNO3. The Labute approximate surface area is 109 Å². The summed E-state index contributed by atoms with van der Waals surface area (Å²) in [6.07, 6.45) is 0. The van der Waals surface area contributed by atoms with Gasteiger partial charge in [0.15, 0.2) is 0 Å². The van der Waals surface area contributed by atoms with Crippen LogP contribution in [0.3, 0.4) is 0 Å². The summed E-state index contributed by atoms with van der Waals surface area (Å²) in [4.78, 5) is 15.2. The highest BCUT2D eigenvalue weighted by Crippen LogP contribution is 2.27. The fourth-order valence-electron chi connectivity index (χ4n) is 1.45. The molecule has 5 heteroatoms. The van der Waals surface area contributed by atoms with Crippen molar-refractivity contribution in [2.24, 2.45) is 0 Å². The lowest BCUT2D eigenvalue weighted by atomic mass is 10.2. The lowest BCUT2D eigenvalue weighted by molar-refractivity contribution is 0.0694. The third-order valence-electron chi connectivity index (χ3n) is 2.25. The monoisotopic (exact) mass is 263 g/mol. The van der Waals surface area contributed by atoms with E-state index in [4.69, 9.17) is 21.4 Å². The van der Waals surface area contributed by atoms with Crippen LogP contribution in [0.4, 0.5) is 0 Å². The van der Waals surface area contributed by atoms with E-state index in [0.29, 0.717) is 10.9 Å². The lowest BCUT2D eigenvalue weighted by Crippen LogP contribution is -2.00. The molecular weight excluding hydrogens is 254 g/mol. The van der Waals surface area contributed by atoms with Gasteiger partial charge in [0, 0.05) is 16.8 Å². The van der Waals surface area contributed by atoms with Gasteiger partial charge in [0.05, 0.1) is 0 Å². The van der Waals surface area contributed by atoms with E-state index in [9.17, 15) is 4.79 Å². The highest BCUT2D eigenvalue weighted by molar-refractivity contribution is 6.31. The number of halogens is 1. The zero-order valence-electron chi connectivity index (χ0n) is 9.55. The fraction of sp³-hybridized carbons (Fsp3) is 0.0769. The Morgan fingerprint density at radius 1 is 1.33 bits per heavy atom. The van der Waals surface area contributed by atoms with Crippen LogP contribution < -0.4 is 4.74 Å². The van der Waals surface area contributed by atoms with E-state index in [1.54, 1.807) is 18.2 Å². The van der Waals surface area contributed by atoms with E-state index in [0.717, 1.165) is 5.69 Å². The molecule has 0 saturated heterocycles. The standard InChI is InChI=1S/C13H10ClNO3/c1-8-3-2-4-12(15-8)18-11-6-5-9(14)7-10(11)13(16)17/h2-7H,1H3,(H,16,17). The number of ether oxygens (including phenoxy) is 1. The molecule has 0 spiro atoms. The summed E-state index contributed by atoms with van der Waals surface area (Å²) in [7, 11) is 0. The summed E-state index contributed by atoms with van der Waals surface area (Å²) in [5.74, 6) is -0.537. The Bertz CT molecular complexity index is 599. The molecule has 2 rings (SSSR count). The Hall–Kier alpha value is -2.07. The first-order valence-electron chi connectivity index (χ1n) is 5.20. The van der Waals surface area contributed by atoms with Crippen LogP contribution >= 0.6 is 11.6 Å². The van der Waals surface area contributed by atoms with Gasteiger partial charge in [-0.1, -0.05) is 17.7 Å². The number of benzene rings is 1. The van der Waals surface area contributed by atoms with Gasteiger partial charge in [-0.15, -0.1) is 0 Å². The van der Waals surface area contributed by atoms with Crippen LogP contribution in [0.25, 0.3) is 0 Å². The Kier molecular flexibility index (Phi) is 3.48. The highest BCUT2D eigenvalue weighted by Gasteiger charge is 2.13. The van der Waals surface area contributed by atoms with Gasteiger partial charge >= 0.3 is 5.97 Å². The van der Waals surface area contributed by atoms with Crippen LogP contribution in [0.15, 0.2) is 36.4 Å². The van der Waals surface area contributed by atoms with Gasteiger partial charge in [0.25, 0.3) is 0 Å². The molecule has 0 amide bonds. The Balaban J connectivity index is 2.37. The smallest absolute Gasteiger partial charge is 0.339 e. The van der Waals surface area contributed by atoms with Crippen molar-refractivity contribution in [2.45, 2.75) is 6.92 Å². The highest BCUT2D eigenvalue weighted by atomic mass is 35.5. The van der Waals surface area contributed by atoms with Crippen LogP contribution in [0.1, 0.15) is 16.1 Å². The molecule has 0 unspecified atom stereocenters. The maximum Gasteiger partial charge on any atom is 0.339 e. The van der Waals surface area contributed by atoms with Crippen molar-refractivity contribution in [3.05, 3.63) is 52.7 Å². The molecule has 0 aliphatic heterocycles. The van der Waals surface area contributed by atoms with Crippen LogP contribution in [-0.4, -0.2) is 16.1 Å². The fourth-order valence-corrected chi connectivity index (χ4v) is 1.62. The molecule has 0 fully saturated rings. The molecule has 0 aliphatic carbocycles. The Morgan fingerprint density at radius 3 is 2.78 bits per heavy atom. The average Bonchev–Trinajstić information content (AvgIpc) is 2.31.